The van der Waals surface area contributed by atoms with E-state index in [0.717, 1.165) is 33.4 Å². The fraction of sp³-hybridized carbons (Fsp3) is 0.444. The largest absolute Gasteiger partial charge is 2.00 e. The second-order valence-electron chi connectivity index (χ2n) is 20.5. The van der Waals surface area contributed by atoms with Crippen LogP contribution in [0.15, 0.2) is 84.0 Å². The zero-order valence-electron chi connectivity index (χ0n) is 38.6. The second-order valence-corrected chi connectivity index (χ2v) is 20.5. The van der Waals surface area contributed by atoms with Gasteiger partial charge in [0.05, 0.1) is 5.54 Å². The first-order valence-corrected chi connectivity index (χ1v) is 21.8. The summed E-state index contributed by atoms with van der Waals surface area (Å²) in [7, 11) is 0. The van der Waals surface area contributed by atoms with E-state index in [-0.39, 0.29) is 37.4 Å². The first kappa shape index (κ1) is 45.3. The van der Waals surface area contributed by atoms with Crippen LogP contribution in [0.3, 0.4) is 0 Å². The summed E-state index contributed by atoms with van der Waals surface area (Å²) in [6.45, 7) is 34.5. The minimum Gasteiger partial charge on any atom is -0.518 e. The minimum atomic E-state index is -0.348. The Bertz CT molecular complexity index is 2510. The van der Waals surface area contributed by atoms with E-state index in [4.69, 9.17) is 19.5 Å². The van der Waals surface area contributed by atoms with Gasteiger partial charge >= 0.3 is 21.1 Å². The third kappa shape index (κ3) is 8.76. The number of ether oxygens (including phenoxy) is 2. The van der Waals surface area contributed by atoms with E-state index in [9.17, 15) is 0 Å². The minimum absolute atomic E-state index is 0. The second kappa shape index (κ2) is 16.9. The van der Waals surface area contributed by atoms with Gasteiger partial charge in [0.1, 0.15) is 18.3 Å². The SMILES string of the molecule is CC(C)c1cccc(C(C)C)c1-c1cc(Oc2[c-]c3c(cc2)c2cc(C(C)(C)C)ccc2n3-c2cc(C(C)(C)C)ccn2)[c-]c(C2=N[C@](C)(C(C(C)C)C(C)C)CO2)c1.[Pt+2]. The van der Waals surface area contributed by atoms with Crippen LogP contribution in [0, 0.1) is 29.9 Å². The van der Waals surface area contributed by atoms with Crippen LogP contribution in [0.2, 0.25) is 0 Å². The molecule has 0 saturated carbocycles. The Morgan fingerprint density at radius 1 is 0.717 bits per heavy atom. The van der Waals surface area contributed by atoms with Crippen molar-refractivity contribution in [1.29, 1.82) is 0 Å². The standard InChI is InChI=1S/C54H65N3O2.Pt/c1-32(2)42-17-16-18-43(33(3)4)49(42)36-25-37(51-56-54(15,31-58-51)50(34(5)6)35(7)8)27-41(26-36)59-40-20-21-44-45-28-38(52(9,10)11)19-22-46(45)57(47(44)30-40)48-29-39(23-24-55-48)53(12,13)14;/h16-26,28-29,32-35,50H,31H2,1-15H3;/q-2;+2/t54-;/m0./s1. The van der Waals surface area contributed by atoms with Crippen LogP contribution in [0.4, 0.5) is 0 Å². The third-order valence-electron chi connectivity index (χ3n) is 12.3. The molecule has 1 aliphatic rings. The summed E-state index contributed by atoms with van der Waals surface area (Å²) < 4.78 is 15.7. The summed E-state index contributed by atoms with van der Waals surface area (Å²) in [6.07, 6.45) is 1.92. The number of pyridine rings is 1. The predicted octanol–water partition coefficient (Wildman–Crippen LogP) is 14.5. The zero-order valence-corrected chi connectivity index (χ0v) is 40.8. The molecule has 6 heteroatoms. The summed E-state index contributed by atoms with van der Waals surface area (Å²) in [5.74, 6) is 4.60. The Kier molecular flexibility index (Phi) is 12.8. The van der Waals surface area contributed by atoms with Crippen molar-refractivity contribution in [3.63, 3.8) is 0 Å². The molecule has 0 amide bonds. The third-order valence-corrected chi connectivity index (χ3v) is 12.3. The summed E-state index contributed by atoms with van der Waals surface area (Å²) in [4.78, 5) is 10.3. The maximum absolute atomic E-state index is 6.91. The molecule has 3 heterocycles. The zero-order chi connectivity index (χ0) is 42.8. The van der Waals surface area contributed by atoms with Gasteiger partial charge in [-0.15, -0.1) is 23.6 Å². The van der Waals surface area contributed by atoms with Gasteiger partial charge in [0.2, 0.25) is 0 Å². The molecule has 60 heavy (non-hydrogen) atoms. The number of aromatic nitrogens is 2. The Morgan fingerprint density at radius 3 is 1.95 bits per heavy atom. The van der Waals surface area contributed by atoms with Crippen LogP contribution in [0.1, 0.15) is 144 Å². The first-order chi connectivity index (χ1) is 27.7. The monoisotopic (exact) mass is 982 g/mol. The fourth-order valence-corrected chi connectivity index (χ4v) is 9.58. The van der Waals surface area contributed by atoms with Crippen molar-refractivity contribution in [3.8, 4) is 28.4 Å². The molecule has 0 fully saturated rings. The van der Waals surface area contributed by atoms with Gasteiger partial charge in [0.25, 0.3) is 0 Å². The quantitative estimate of drug-likeness (QED) is 0.129. The number of rotatable bonds is 10. The molecule has 7 rings (SSSR count). The van der Waals surface area contributed by atoms with Crippen molar-refractivity contribution < 1.29 is 30.5 Å². The average molecular weight is 983 g/mol. The van der Waals surface area contributed by atoms with Crippen molar-refractivity contribution in [3.05, 3.63) is 119 Å². The van der Waals surface area contributed by atoms with E-state index in [0.29, 0.717) is 53.6 Å². The van der Waals surface area contributed by atoms with Gasteiger partial charge in [-0.3, -0.25) is 4.99 Å². The van der Waals surface area contributed by atoms with Crippen LogP contribution in [0.25, 0.3) is 38.8 Å². The molecule has 0 unspecified atom stereocenters. The molecule has 2 aromatic heterocycles. The number of aliphatic imine (C=N–C) groups is 1. The summed E-state index contributed by atoms with van der Waals surface area (Å²) in [5.41, 5.74) is 9.82. The molecule has 4 aromatic carbocycles. The maximum atomic E-state index is 6.91. The predicted molar refractivity (Wildman–Crippen MR) is 248 cm³/mol. The van der Waals surface area contributed by atoms with E-state index >= 15 is 0 Å². The van der Waals surface area contributed by atoms with Crippen molar-refractivity contribution in [1.82, 2.24) is 9.55 Å². The van der Waals surface area contributed by atoms with E-state index < -0.39 is 0 Å². The number of hydrogen-bond acceptors (Lipinski definition) is 4. The van der Waals surface area contributed by atoms with Crippen LogP contribution >= 0.6 is 0 Å². The Balaban J connectivity index is 0.00000604. The molecule has 0 radical (unpaired) electrons. The summed E-state index contributed by atoms with van der Waals surface area (Å²) in [6, 6.07) is 33.7. The molecule has 0 saturated heterocycles. The van der Waals surface area contributed by atoms with Gasteiger partial charge in [0.15, 0.2) is 0 Å². The van der Waals surface area contributed by atoms with E-state index in [2.05, 4.69) is 187 Å². The Labute approximate surface area is 374 Å². The molecular weight excluding hydrogens is 918 g/mol. The smallest absolute Gasteiger partial charge is 0.518 e. The van der Waals surface area contributed by atoms with Crippen molar-refractivity contribution >= 4 is 27.7 Å². The summed E-state index contributed by atoms with van der Waals surface area (Å²) in [5, 5.41) is 2.27. The molecule has 6 aromatic rings. The fourth-order valence-electron chi connectivity index (χ4n) is 9.58. The number of benzene rings is 4. The molecule has 0 N–H and O–H groups in total. The van der Waals surface area contributed by atoms with Crippen LogP contribution in [-0.2, 0) is 36.6 Å². The van der Waals surface area contributed by atoms with E-state index in [1.165, 1.54) is 33.2 Å². The van der Waals surface area contributed by atoms with E-state index in [1.54, 1.807) is 0 Å². The number of nitrogens with zero attached hydrogens (tertiary/aromatic N) is 3. The topological polar surface area (TPSA) is 48.6 Å². The Morgan fingerprint density at radius 2 is 1.35 bits per heavy atom. The van der Waals surface area contributed by atoms with Gasteiger partial charge in [-0.05, 0) is 98.7 Å². The van der Waals surface area contributed by atoms with Gasteiger partial charge in [0, 0.05) is 23.2 Å². The van der Waals surface area contributed by atoms with Crippen LogP contribution in [-0.4, -0.2) is 27.6 Å². The van der Waals surface area contributed by atoms with Gasteiger partial charge < -0.3 is 14.0 Å². The molecule has 0 aliphatic carbocycles. The maximum Gasteiger partial charge on any atom is 2.00 e. The molecule has 1 aliphatic heterocycles. The molecular formula is C54H65N3O2Pt. The molecule has 0 spiro atoms. The van der Waals surface area contributed by atoms with Crippen LogP contribution < -0.4 is 4.74 Å². The number of fused-ring (bicyclic) bond motifs is 3. The first-order valence-electron chi connectivity index (χ1n) is 21.8. The molecule has 1 atom stereocenters. The average Bonchev–Trinajstić information content (AvgIpc) is 3.70. The normalized spacial score (nSPS) is 16.1. The van der Waals surface area contributed by atoms with Crippen molar-refractivity contribution in [2.45, 2.75) is 132 Å². The number of hydrogen-bond donors (Lipinski definition) is 0. The molecule has 318 valence electrons. The van der Waals surface area contributed by atoms with Gasteiger partial charge in [-0.1, -0.05) is 156 Å². The summed E-state index contributed by atoms with van der Waals surface area (Å²) >= 11 is 0. The van der Waals surface area contributed by atoms with Gasteiger partial charge in [-0.25, -0.2) is 4.98 Å². The van der Waals surface area contributed by atoms with Crippen molar-refractivity contribution in [2.75, 3.05) is 6.61 Å². The molecule has 5 nitrogen and oxygen atoms in total. The van der Waals surface area contributed by atoms with Crippen LogP contribution in [0.5, 0.6) is 11.5 Å². The van der Waals surface area contributed by atoms with Gasteiger partial charge in [-0.2, -0.15) is 6.07 Å². The Hall–Kier alpha value is -4.21. The van der Waals surface area contributed by atoms with E-state index in [1.807, 2.05) is 12.3 Å². The molecule has 0 bridgehead atoms. The van der Waals surface area contributed by atoms with Crippen molar-refractivity contribution in [2.24, 2.45) is 22.7 Å².